The predicted molar refractivity (Wildman–Crippen MR) is 73.1 cm³/mol. The van der Waals surface area contributed by atoms with Crippen LogP contribution in [0.5, 0.6) is 0 Å². The van der Waals surface area contributed by atoms with Crippen LogP contribution in [0, 0.1) is 11.8 Å². The maximum atomic E-state index is 5.77. The first kappa shape index (κ1) is 13.6. The fraction of sp³-hybridized carbons (Fsp3) is 0.200. The normalized spacial score (nSPS) is 10.7. The van der Waals surface area contributed by atoms with E-state index in [-0.39, 0.29) is 0 Å². The number of benzene rings is 1. The van der Waals surface area contributed by atoms with Gasteiger partial charge in [0, 0.05) is 10.6 Å². The highest BCUT2D eigenvalue weighted by atomic mass is 35.5. The molecular formula is C15H15ClO. The number of hydrogen-bond donors (Lipinski definition) is 0. The molecule has 0 fully saturated rings. The lowest BCUT2D eigenvalue weighted by molar-refractivity contribution is 0.199. The summed E-state index contributed by atoms with van der Waals surface area (Å²) in [6.07, 6.45) is 7.83. The molecule has 0 amide bonds. The number of hydrogen-bond acceptors (Lipinski definition) is 1. The molecule has 0 bridgehead atoms. The molecule has 2 heteroatoms. The summed E-state index contributed by atoms with van der Waals surface area (Å²) in [6.45, 7) is 2.99. The van der Waals surface area contributed by atoms with E-state index < -0.39 is 0 Å². The molecule has 0 saturated heterocycles. The Morgan fingerprint density at radius 3 is 2.71 bits per heavy atom. The molecule has 1 nitrogen and oxygen atoms in total. The maximum Gasteiger partial charge on any atom is 0.108 e. The van der Waals surface area contributed by atoms with E-state index >= 15 is 0 Å². The monoisotopic (exact) mass is 246 g/mol. The lowest BCUT2D eigenvalue weighted by Crippen LogP contribution is -1.90. The summed E-state index contributed by atoms with van der Waals surface area (Å²) < 4.78 is 5.31. The third-order valence-corrected chi connectivity index (χ3v) is 2.16. The minimum absolute atomic E-state index is 0.433. The molecule has 88 valence electrons. The van der Waals surface area contributed by atoms with Crippen LogP contribution in [-0.2, 0) is 4.74 Å². The Morgan fingerprint density at radius 2 is 2.00 bits per heavy atom. The van der Waals surface area contributed by atoms with Crippen molar-refractivity contribution in [3.05, 3.63) is 59.2 Å². The van der Waals surface area contributed by atoms with Crippen molar-refractivity contribution in [2.75, 3.05) is 13.2 Å². The zero-order valence-electron chi connectivity index (χ0n) is 9.82. The van der Waals surface area contributed by atoms with E-state index in [9.17, 15) is 0 Å². The minimum Gasteiger partial charge on any atom is -0.365 e. The Kier molecular flexibility index (Phi) is 6.90. The number of halogens is 1. The smallest absolute Gasteiger partial charge is 0.108 e. The van der Waals surface area contributed by atoms with Crippen LogP contribution in [0.3, 0.4) is 0 Å². The first-order chi connectivity index (χ1) is 8.33. The van der Waals surface area contributed by atoms with Crippen LogP contribution in [0.15, 0.2) is 48.6 Å². The zero-order chi connectivity index (χ0) is 12.3. The topological polar surface area (TPSA) is 9.23 Å². The van der Waals surface area contributed by atoms with Crippen molar-refractivity contribution in [3.63, 3.8) is 0 Å². The highest BCUT2D eigenvalue weighted by Gasteiger charge is 1.86. The van der Waals surface area contributed by atoms with E-state index in [0.717, 1.165) is 10.6 Å². The Labute approximate surface area is 108 Å². The van der Waals surface area contributed by atoms with E-state index in [1.807, 2.05) is 55.5 Å². The van der Waals surface area contributed by atoms with Crippen LogP contribution in [0.1, 0.15) is 12.5 Å². The van der Waals surface area contributed by atoms with Gasteiger partial charge in [0.2, 0.25) is 0 Å². The molecule has 1 rings (SSSR count). The highest BCUT2D eigenvalue weighted by Crippen LogP contribution is 2.08. The average Bonchev–Trinajstić information content (AvgIpc) is 2.35. The van der Waals surface area contributed by atoms with Crippen LogP contribution in [0.2, 0.25) is 5.02 Å². The second-order valence-electron chi connectivity index (χ2n) is 3.28. The van der Waals surface area contributed by atoms with Crippen LogP contribution in [-0.4, -0.2) is 13.2 Å². The van der Waals surface area contributed by atoms with Gasteiger partial charge in [-0.2, -0.15) is 0 Å². The lowest BCUT2D eigenvalue weighted by Gasteiger charge is -1.92. The minimum atomic E-state index is 0.433. The Morgan fingerprint density at radius 1 is 1.24 bits per heavy atom. The summed E-state index contributed by atoms with van der Waals surface area (Å²) in [5, 5.41) is 0.723. The SMILES string of the molecule is C/C=C/C=C/COCC#Cc1ccc(Cl)cc1. The summed E-state index contributed by atoms with van der Waals surface area (Å²) in [5.74, 6) is 5.95. The van der Waals surface area contributed by atoms with Gasteiger partial charge in [0.1, 0.15) is 6.61 Å². The molecule has 0 atom stereocenters. The molecule has 0 heterocycles. The molecule has 0 aliphatic heterocycles. The van der Waals surface area contributed by atoms with Gasteiger partial charge in [0.05, 0.1) is 6.61 Å². The van der Waals surface area contributed by atoms with Crippen LogP contribution in [0.25, 0.3) is 0 Å². The summed E-state index contributed by atoms with van der Waals surface area (Å²) >= 11 is 5.77. The van der Waals surface area contributed by atoms with Gasteiger partial charge in [0.15, 0.2) is 0 Å². The Bertz CT molecular complexity index is 432. The maximum absolute atomic E-state index is 5.77. The third kappa shape index (κ3) is 6.63. The van der Waals surface area contributed by atoms with E-state index in [4.69, 9.17) is 16.3 Å². The first-order valence-electron chi connectivity index (χ1n) is 5.43. The average molecular weight is 247 g/mol. The number of rotatable bonds is 4. The van der Waals surface area contributed by atoms with Crippen molar-refractivity contribution in [1.82, 2.24) is 0 Å². The Hall–Kier alpha value is -1.49. The third-order valence-electron chi connectivity index (χ3n) is 1.90. The summed E-state index contributed by atoms with van der Waals surface area (Å²) in [4.78, 5) is 0. The molecule has 0 N–H and O–H groups in total. The quantitative estimate of drug-likeness (QED) is 0.446. The van der Waals surface area contributed by atoms with Gasteiger partial charge in [-0.1, -0.05) is 47.7 Å². The molecule has 1 aromatic carbocycles. The van der Waals surface area contributed by atoms with Crippen molar-refractivity contribution in [1.29, 1.82) is 0 Å². The number of ether oxygens (including phenoxy) is 1. The van der Waals surface area contributed by atoms with E-state index in [1.165, 1.54) is 0 Å². The molecule has 0 aliphatic rings. The number of allylic oxidation sites excluding steroid dienone is 3. The van der Waals surface area contributed by atoms with Crippen molar-refractivity contribution in [2.24, 2.45) is 0 Å². The molecule has 0 radical (unpaired) electrons. The summed E-state index contributed by atoms with van der Waals surface area (Å²) in [6, 6.07) is 7.43. The van der Waals surface area contributed by atoms with Gasteiger partial charge >= 0.3 is 0 Å². The molecule has 0 unspecified atom stereocenters. The van der Waals surface area contributed by atoms with E-state index in [2.05, 4.69) is 11.8 Å². The van der Waals surface area contributed by atoms with Crippen LogP contribution >= 0.6 is 11.6 Å². The van der Waals surface area contributed by atoms with Crippen molar-refractivity contribution >= 4 is 11.6 Å². The molecule has 1 aromatic rings. The fourth-order valence-corrected chi connectivity index (χ4v) is 1.22. The highest BCUT2D eigenvalue weighted by molar-refractivity contribution is 6.30. The fourth-order valence-electron chi connectivity index (χ4n) is 1.09. The van der Waals surface area contributed by atoms with Gasteiger partial charge < -0.3 is 4.74 Å². The van der Waals surface area contributed by atoms with Crippen molar-refractivity contribution in [2.45, 2.75) is 6.92 Å². The molecule has 0 saturated carbocycles. The van der Waals surface area contributed by atoms with E-state index in [0.29, 0.717) is 13.2 Å². The largest absolute Gasteiger partial charge is 0.365 e. The summed E-state index contributed by atoms with van der Waals surface area (Å²) in [7, 11) is 0. The van der Waals surface area contributed by atoms with Gasteiger partial charge in [0.25, 0.3) is 0 Å². The standard InChI is InChI=1S/C15H15ClO/c1-2-3-4-5-12-17-13-6-7-14-8-10-15(16)11-9-14/h2-5,8-11H,12-13H2,1H3/b3-2+,5-4+. The van der Waals surface area contributed by atoms with Crippen molar-refractivity contribution in [3.8, 4) is 11.8 Å². The lowest BCUT2D eigenvalue weighted by atomic mass is 10.2. The molecular weight excluding hydrogens is 232 g/mol. The molecule has 0 aromatic heterocycles. The van der Waals surface area contributed by atoms with Gasteiger partial charge in [-0.15, -0.1) is 0 Å². The summed E-state index contributed by atoms with van der Waals surface area (Å²) in [5.41, 5.74) is 0.947. The molecule has 17 heavy (non-hydrogen) atoms. The second kappa shape index (κ2) is 8.64. The van der Waals surface area contributed by atoms with Crippen molar-refractivity contribution < 1.29 is 4.74 Å². The second-order valence-corrected chi connectivity index (χ2v) is 3.71. The molecule has 0 spiro atoms. The van der Waals surface area contributed by atoms with E-state index in [1.54, 1.807) is 0 Å². The van der Waals surface area contributed by atoms with Crippen LogP contribution < -0.4 is 0 Å². The predicted octanol–water partition coefficient (Wildman–Crippen LogP) is 3.84. The molecule has 0 aliphatic carbocycles. The Balaban J connectivity index is 2.25. The van der Waals surface area contributed by atoms with Gasteiger partial charge in [-0.3, -0.25) is 0 Å². The first-order valence-corrected chi connectivity index (χ1v) is 5.80. The van der Waals surface area contributed by atoms with Gasteiger partial charge in [-0.25, -0.2) is 0 Å². The van der Waals surface area contributed by atoms with Gasteiger partial charge in [-0.05, 0) is 31.2 Å². The van der Waals surface area contributed by atoms with Crippen LogP contribution in [0.4, 0.5) is 0 Å². The zero-order valence-corrected chi connectivity index (χ0v) is 10.6.